The number of nitrogens with zero attached hydrogens (tertiary/aromatic N) is 1. The molecule has 0 atom stereocenters. The van der Waals surface area contributed by atoms with Crippen LogP contribution in [0.3, 0.4) is 0 Å². The van der Waals surface area contributed by atoms with E-state index in [9.17, 15) is 4.79 Å². The van der Waals surface area contributed by atoms with Crippen LogP contribution in [0, 0.1) is 0 Å². The summed E-state index contributed by atoms with van der Waals surface area (Å²) in [5.41, 5.74) is 1.94. The number of esters is 1. The Bertz CT molecular complexity index is 645. The Labute approximate surface area is 118 Å². The fraction of sp³-hybridized carbons (Fsp3) is 0.0588. The lowest BCUT2D eigenvalue weighted by atomic mass is 10.2. The average molecular weight is 265 g/mol. The fourth-order valence-corrected chi connectivity index (χ4v) is 1.53. The van der Waals surface area contributed by atoms with Crippen LogP contribution in [0.25, 0.3) is 0 Å². The molecule has 0 bridgehead atoms. The summed E-state index contributed by atoms with van der Waals surface area (Å²) in [5.74, 6) is 0.0331. The number of aliphatic imine (C=N–C) groups is 1. The van der Waals surface area contributed by atoms with Gasteiger partial charge in [0.15, 0.2) is 0 Å². The van der Waals surface area contributed by atoms with E-state index in [2.05, 4.69) is 11.6 Å². The van der Waals surface area contributed by atoms with E-state index >= 15 is 0 Å². The van der Waals surface area contributed by atoms with Gasteiger partial charge in [-0.15, -0.1) is 0 Å². The Kier molecular flexibility index (Phi) is 4.45. The summed E-state index contributed by atoms with van der Waals surface area (Å²) < 4.78 is 5.27. The molecule has 0 heterocycles. The third-order valence-corrected chi connectivity index (χ3v) is 2.58. The Morgan fingerprint density at radius 1 is 1.10 bits per heavy atom. The highest BCUT2D eigenvalue weighted by Crippen LogP contribution is 2.18. The van der Waals surface area contributed by atoms with Gasteiger partial charge in [0.25, 0.3) is 0 Å². The van der Waals surface area contributed by atoms with Gasteiger partial charge in [0.2, 0.25) is 0 Å². The van der Waals surface area contributed by atoms with E-state index in [-0.39, 0.29) is 0 Å². The van der Waals surface area contributed by atoms with Crippen molar-refractivity contribution in [3.8, 4) is 5.75 Å². The topological polar surface area (TPSA) is 38.7 Å². The molecule has 0 amide bonds. The van der Waals surface area contributed by atoms with E-state index in [0.29, 0.717) is 11.3 Å². The molecule has 0 saturated carbocycles. The summed E-state index contributed by atoms with van der Waals surface area (Å²) in [7, 11) is 0. The van der Waals surface area contributed by atoms with E-state index in [1.807, 2.05) is 42.5 Å². The van der Waals surface area contributed by atoms with Gasteiger partial charge in [-0.05, 0) is 31.2 Å². The highest BCUT2D eigenvalue weighted by atomic mass is 16.5. The zero-order valence-corrected chi connectivity index (χ0v) is 11.2. The lowest BCUT2D eigenvalue weighted by Gasteiger charge is -2.06. The highest BCUT2D eigenvalue weighted by Gasteiger charge is 2.08. The van der Waals surface area contributed by atoms with Crippen molar-refractivity contribution in [1.82, 2.24) is 0 Å². The van der Waals surface area contributed by atoms with Gasteiger partial charge in [-0.25, -0.2) is 4.79 Å². The molecule has 2 rings (SSSR count). The molecule has 2 aromatic rings. The van der Waals surface area contributed by atoms with E-state index in [4.69, 9.17) is 4.74 Å². The molecule has 0 aliphatic rings. The van der Waals surface area contributed by atoms with Crippen molar-refractivity contribution in [2.24, 2.45) is 4.99 Å². The van der Waals surface area contributed by atoms with E-state index in [1.165, 1.54) is 0 Å². The Balaban J connectivity index is 2.22. The number of ether oxygens (including phenoxy) is 1. The van der Waals surface area contributed by atoms with Gasteiger partial charge in [-0.3, -0.25) is 4.99 Å². The zero-order valence-electron chi connectivity index (χ0n) is 11.2. The van der Waals surface area contributed by atoms with Crippen LogP contribution < -0.4 is 4.74 Å². The molecule has 3 nitrogen and oxygen atoms in total. The second-order valence-electron chi connectivity index (χ2n) is 4.30. The maximum absolute atomic E-state index is 11.6. The Hall–Kier alpha value is -2.68. The molecule has 0 unspecified atom stereocenters. The van der Waals surface area contributed by atoms with Crippen molar-refractivity contribution in [3.63, 3.8) is 0 Å². The Morgan fingerprint density at radius 3 is 2.45 bits per heavy atom. The largest absolute Gasteiger partial charge is 0.422 e. The minimum absolute atomic E-state index is 0.361. The molecule has 100 valence electrons. The minimum atomic E-state index is -0.439. The minimum Gasteiger partial charge on any atom is -0.422 e. The maximum atomic E-state index is 11.6. The van der Waals surface area contributed by atoms with Crippen molar-refractivity contribution in [3.05, 3.63) is 72.3 Å². The summed E-state index contributed by atoms with van der Waals surface area (Å²) in [6.07, 6.45) is 1.68. The number of hydrogen-bond donors (Lipinski definition) is 0. The standard InChI is InChI=1S/C17H15NO2/c1-13(2)17(19)20-16-11-7-6-8-14(16)12-18-15-9-4-3-5-10-15/h3-12H,1H2,2H3. The van der Waals surface area contributed by atoms with E-state index in [0.717, 1.165) is 11.3 Å². The van der Waals surface area contributed by atoms with Crippen molar-refractivity contribution < 1.29 is 9.53 Å². The first-order chi connectivity index (χ1) is 9.66. The Morgan fingerprint density at radius 2 is 1.75 bits per heavy atom. The van der Waals surface area contributed by atoms with Crippen LogP contribution in [0.4, 0.5) is 5.69 Å². The first kappa shape index (κ1) is 13.7. The quantitative estimate of drug-likeness (QED) is 0.364. The average Bonchev–Trinajstić information content (AvgIpc) is 2.47. The molecular formula is C17H15NO2. The van der Waals surface area contributed by atoms with Crippen molar-refractivity contribution >= 4 is 17.9 Å². The molecule has 0 N–H and O–H groups in total. The maximum Gasteiger partial charge on any atom is 0.338 e. The summed E-state index contributed by atoms with van der Waals surface area (Å²) in [6, 6.07) is 16.8. The van der Waals surface area contributed by atoms with Crippen LogP contribution in [-0.2, 0) is 4.79 Å². The normalized spacial score (nSPS) is 10.4. The molecule has 0 radical (unpaired) electrons. The lowest BCUT2D eigenvalue weighted by molar-refractivity contribution is -0.130. The van der Waals surface area contributed by atoms with Crippen LogP contribution in [0.15, 0.2) is 71.7 Å². The smallest absolute Gasteiger partial charge is 0.338 e. The van der Waals surface area contributed by atoms with Crippen molar-refractivity contribution in [2.75, 3.05) is 0 Å². The van der Waals surface area contributed by atoms with Crippen LogP contribution in [0.2, 0.25) is 0 Å². The molecule has 2 aromatic carbocycles. The lowest BCUT2D eigenvalue weighted by Crippen LogP contribution is -2.09. The third kappa shape index (κ3) is 3.65. The van der Waals surface area contributed by atoms with Gasteiger partial charge in [0.05, 0.1) is 5.69 Å². The van der Waals surface area contributed by atoms with Crippen LogP contribution >= 0.6 is 0 Å². The van der Waals surface area contributed by atoms with Crippen molar-refractivity contribution in [1.29, 1.82) is 0 Å². The summed E-state index contributed by atoms with van der Waals surface area (Å²) in [5, 5.41) is 0. The van der Waals surface area contributed by atoms with Crippen molar-refractivity contribution in [2.45, 2.75) is 6.92 Å². The second-order valence-corrected chi connectivity index (χ2v) is 4.30. The van der Waals surface area contributed by atoms with Gasteiger partial charge in [0.1, 0.15) is 5.75 Å². The molecule has 0 saturated heterocycles. The molecule has 0 aromatic heterocycles. The monoisotopic (exact) mass is 265 g/mol. The summed E-state index contributed by atoms with van der Waals surface area (Å²) >= 11 is 0. The molecular weight excluding hydrogens is 250 g/mol. The number of carbonyl (C=O) groups excluding carboxylic acids is 1. The van der Waals surface area contributed by atoms with Gasteiger partial charge in [-0.2, -0.15) is 0 Å². The number of carbonyl (C=O) groups is 1. The van der Waals surface area contributed by atoms with E-state index < -0.39 is 5.97 Å². The summed E-state index contributed by atoms with van der Waals surface area (Å²) in [6.45, 7) is 5.18. The fourth-order valence-electron chi connectivity index (χ4n) is 1.53. The zero-order chi connectivity index (χ0) is 14.4. The molecule has 0 aliphatic carbocycles. The molecule has 0 spiro atoms. The first-order valence-electron chi connectivity index (χ1n) is 6.22. The van der Waals surface area contributed by atoms with Crippen LogP contribution in [-0.4, -0.2) is 12.2 Å². The van der Waals surface area contributed by atoms with Gasteiger partial charge in [-0.1, -0.05) is 36.9 Å². The second kappa shape index (κ2) is 6.48. The molecule has 20 heavy (non-hydrogen) atoms. The highest BCUT2D eigenvalue weighted by molar-refractivity contribution is 5.92. The predicted molar refractivity (Wildman–Crippen MR) is 80.6 cm³/mol. The number of hydrogen-bond acceptors (Lipinski definition) is 3. The van der Waals surface area contributed by atoms with Crippen LogP contribution in [0.1, 0.15) is 12.5 Å². The van der Waals surface area contributed by atoms with Gasteiger partial charge < -0.3 is 4.74 Å². The molecule has 0 fully saturated rings. The number of benzene rings is 2. The molecule has 0 aliphatic heterocycles. The summed E-state index contributed by atoms with van der Waals surface area (Å²) in [4.78, 5) is 15.9. The van der Waals surface area contributed by atoms with E-state index in [1.54, 1.807) is 25.3 Å². The number of rotatable bonds is 4. The number of para-hydroxylation sites is 2. The third-order valence-electron chi connectivity index (χ3n) is 2.58. The van der Waals surface area contributed by atoms with Gasteiger partial charge >= 0.3 is 5.97 Å². The molecule has 3 heteroatoms. The predicted octanol–water partition coefficient (Wildman–Crippen LogP) is 3.92. The SMILES string of the molecule is C=C(C)C(=O)Oc1ccccc1C=Nc1ccccc1. The van der Waals surface area contributed by atoms with Gasteiger partial charge in [0, 0.05) is 17.4 Å². The van der Waals surface area contributed by atoms with Crippen LogP contribution in [0.5, 0.6) is 5.75 Å². The first-order valence-corrected chi connectivity index (χ1v) is 6.22.